The van der Waals surface area contributed by atoms with E-state index < -0.39 is 0 Å². The third-order valence-electron chi connectivity index (χ3n) is 3.25. The van der Waals surface area contributed by atoms with Gasteiger partial charge in [0.1, 0.15) is 17.3 Å². The van der Waals surface area contributed by atoms with Crippen LogP contribution in [-0.2, 0) is 0 Å². The van der Waals surface area contributed by atoms with Gasteiger partial charge in [0.2, 0.25) is 0 Å². The van der Waals surface area contributed by atoms with Crippen molar-refractivity contribution in [2.45, 2.75) is 19.9 Å². The Labute approximate surface area is 112 Å². The van der Waals surface area contributed by atoms with Gasteiger partial charge in [-0.3, -0.25) is 0 Å². The summed E-state index contributed by atoms with van der Waals surface area (Å²) in [4.78, 5) is 0. The summed E-state index contributed by atoms with van der Waals surface area (Å²) in [5, 5.41) is 3.16. The van der Waals surface area contributed by atoms with Gasteiger partial charge in [-0.25, -0.2) is 4.39 Å². The molecule has 0 fully saturated rings. The van der Waals surface area contributed by atoms with Gasteiger partial charge in [0.25, 0.3) is 0 Å². The second-order valence-electron chi connectivity index (χ2n) is 4.58. The van der Waals surface area contributed by atoms with Crippen LogP contribution >= 0.6 is 0 Å². The van der Waals surface area contributed by atoms with Crippen molar-refractivity contribution in [1.29, 1.82) is 0 Å². The standard InChI is InChI=1S/C16H18FNO/c1-11(12(2)18-3)10-13-8-9-16(19-13)14-6-4-5-7-15(14)17/h4-10,12,18H,1-3H3/b11-10+. The molecule has 2 nitrogen and oxygen atoms in total. The van der Waals surface area contributed by atoms with Crippen molar-refractivity contribution in [3.8, 4) is 11.3 Å². The van der Waals surface area contributed by atoms with Gasteiger partial charge in [-0.2, -0.15) is 0 Å². The van der Waals surface area contributed by atoms with E-state index in [1.54, 1.807) is 24.3 Å². The third-order valence-corrected chi connectivity index (χ3v) is 3.25. The molecule has 0 bridgehead atoms. The highest BCUT2D eigenvalue weighted by atomic mass is 19.1. The fourth-order valence-electron chi connectivity index (χ4n) is 1.81. The first-order valence-electron chi connectivity index (χ1n) is 6.32. The molecule has 0 radical (unpaired) electrons. The minimum atomic E-state index is -0.271. The molecule has 2 aromatic rings. The molecule has 19 heavy (non-hydrogen) atoms. The lowest BCUT2D eigenvalue weighted by Crippen LogP contribution is -2.21. The lowest BCUT2D eigenvalue weighted by molar-refractivity contribution is 0.559. The van der Waals surface area contributed by atoms with E-state index in [4.69, 9.17) is 4.42 Å². The fourth-order valence-corrected chi connectivity index (χ4v) is 1.81. The van der Waals surface area contributed by atoms with Crippen molar-refractivity contribution in [3.63, 3.8) is 0 Å². The van der Waals surface area contributed by atoms with Crippen LogP contribution in [0.15, 0.2) is 46.4 Å². The monoisotopic (exact) mass is 259 g/mol. The van der Waals surface area contributed by atoms with Gasteiger partial charge >= 0.3 is 0 Å². The highest BCUT2D eigenvalue weighted by Crippen LogP contribution is 2.25. The Morgan fingerprint density at radius 1 is 1.26 bits per heavy atom. The zero-order chi connectivity index (χ0) is 13.8. The lowest BCUT2D eigenvalue weighted by Gasteiger charge is -2.09. The zero-order valence-electron chi connectivity index (χ0n) is 11.4. The molecule has 0 saturated carbocycles. The van der Waals surface area contributed by atoms with Crippen LogP contribution in [0.25, 0.3) is 17.4 Å². The average Bonchev–Trinajstić information content (AvgIpc) is 2.86. The summed E-state index contributed by atoms with van der Waals surface area (Å²) in [6.07, 6.45) is 1.96. The molecule has 0 spiro atoms. The van der Waals surface area contributed by atoms with Crippen LogP contribution in [0, 0.1) is 5.82 Å². The summed E-state index contributed by atoms with van der Waals surface area (Å²) >= 11 is 0. The second-order valence-corrected chi connectivity index (χ2v) is 4.58. The van der Waals surface area contributed by atoms with E-state index in [0.29, 0.717) is 11.3 Å². The number of benzene rings is 1. The van der Waals surface area contributed by atoms with Gasteiger partial charge in [0.05, 0.1) is 5.56 Å². The Bertz CT molecular complexity index is 586. The molecule has 0 amide bonds. The summed E-state index contributed by atoms with van der Waals surface area (Å²) < 4.78 is 19.3. The van der Waals surface area contributed by atoms with E-state index in [9.17, 15) is 4.39 Å². The van der Waals surface area contributed by atoms with Crippen LogP contribution in [0.3, 0.4) is 0 Å². The van der Waals surface area contributed by atoms with Crippen LogP contribution in [0.1, 0.15) is 19.6 Å². The Hall–Kier alpha value is -1.87. The number of rotatable bonds is 4. The number of nitrogens with one attached hydrogen (secondary N) is 1. The van der Waals surface area contributed by atoms with Gasteiger partial charge in [-0.05, 0) is 51.2 Å². The van der Waals surface area contributed by atoms with E-state index in [1.165, 1.54) is 6.07 Å². The van der Waals surface area contributed by atoms with Crippen molar-refractivity contribution in [3.05, 3.63) is 53.5 Å². The summed E-state index contributed by atoms with van der Waals surface area (Å²) in [5.41, 5.74) is 1.65. The molecule has 2 rings (SSSR count). The van der Waals surface area contributed by atoms with Gasteiger partial charge in [-0.15, -0.1) is 0 Å². The molecule has 3 heteroatoms. The zero-order valence-corrected chi connectivity index (χ0v) is 11.4. The summed E-state index contributed by atoms with van der Waals surface area (Å²) in [7, 11) is 1.91. The van der Waals surface area contributed by atoms with Crippen LogP contribution < -0.4 is 5.32 Å². The number of hydrogen-bond acceptors (Lipinski definition) is 2. The molecular weight excluding hydrogens is 241 g/mol. The Morgan fingerprint density at radius 2 is 2.00 bits per heavy atom. The molecule has 0 saturated heterocycles. The molecule has 100 valence electrons. The summed E-state index contributed by atoms with van der Waals surface area (Å²) in [6.45, 7) is 4.11. The van der Waals surface area contributed by atoms with E-state index in [-0.39, 0.29) is 11.9 Å². The minimum absolute atomic E-state index is 0.271. The second kappa shape index (κ2) is 5.85. The Kier molecular flexibility index (Phi) is 4.17. The molecule has 0 aliphatic heterocycles. The first-order valence-corrected chi connectivity index (χ1v) is 6.32. The largest absolute Gasteiger partial charge is 0.457 e. The minimum Gasteiger partial charge on any atom is -0.457 e. The molecular formula is C16H18FNO. The molecule has 1 aromatic carbocycles. The van der Waals surface area contributed by atoms with Crippen LogP contribution in [0.5, 0.6) is 0 Å². The highest BCUT2D eigenvalue weighted by Gasteiger charge is 2.09. The Balaban J connectivity index is 2.28. The lowest BCUT2D eigenvalue weighted by atomic mass is 10.1. The number of furan rings is 1. The van der Waals surface area contributed by atoms with Crippen molar-refractivity contribution in [1.82, 2.24) is 5.32 Å². The predicted molar refractivity (Wildman–Crippen MR) is 76.3 cm³/mol. The van der Waals surface area contributed by atoms with Crippen LogP contribution in [0.2, 0.25) is 0 Å². The quantitative estimate of drug-likeness (QED) is 0.894. The van der Waals surface area contributed by atoms with Crippen molar-refractivity contribution in [2.24, 2.45) is 0 Å². The van der Waals surface area contributed by atoms with Crippen LogP contribution in [-0.4, -0.2) is 13.1 Å². The number of halogens is 1. The molecule has 0 aliphatic rings. The maximum absolute atomic E-state index is 13.6. The normalized spacial score (nSPS) is 13.6. The van der Waals surface area contributed by atoms with Crippen molar-refractivity contribution >= 4 is 6.08 Å². The third kappa shape index (κ3) is 3.12. The SMILES string of the molecule is CNC(C)/C(C)=C/c1ccc(-c2ccccc2F)o1. The first-order chi connectivity index (χ1) is 9.11. The maximum atomic E-state index is 13.6. The first kappa shape index (κ1) is 13.6. The summed E-state index contributed by atoms with van der Waals surface area (Å²) in [5.74, 6) is 1.01. The molecule has 1 aromatic heterocycles. The molecule has 1 N–H and O–H groups in total. The van der Waals surface area contributed by atoms with Gasteiger partial charge in [0.15, 0.2) is 0 Å². The number of hydrogen-bond donors (Lipinski definition) is 1. The van der Waals surface area contributed by atoms with Gasteiger partial charge in [0, 0.05) is 6.04 Å². The van der Waals surface area contributed by atoms with E-state index in [1.807, 2.05) is 26.1 Å². The van der Waals surface area contributed by atoms with Gasteiger partial charge < -0.3 is 9.73 Å². The highest BCUT2D eigenvalue weighted by molar-refractivity contribution is 5.61. The molecule has 0 aliphatic carbocycles. The van der Waals surface area contributed by atoms with E-state index in [2.05, 4.69) is 12.2 Å². The van der Waals surface area contributed by atoms with Crippen molar-refractivity contribution < 1.29 is 8.81 Å². The fraction of sp³-hybridized carbons (Fsp3) is 0.250. The Morgan fingerprint density at radius 3 is 2.68 bits per heavy atom. The van der Waals surface area contributed by atoms with E-state index in [0.717, 1.165) is 11.3 Å². The van der Waals surface area contributed by atoms with E-state index >= 15 is 0 Å². The smallest absolute Gasteiger partial charge is 0.137 e. The van der Waals surface area contributed by atoms with Gasteiger partial charge in [-0.1, -0.05) is 17.7 Å². The topological polar surface area (TPSA) is 25.2 Å². The molecule has 1 unspecified atom stereocenters. The molecule has 1 heterocycles. The van der Waals surface area contributed by atoms with Crippen molar-refractivity contribution in [2.75, 3.05) is 7.05 Å². The van der Waals surface area contributed by atoms with Crippen LogP contribution in [0.4, 0.5) is 4.39 Å². The average molecular weight is 259 g/mol. The predicted octanol–water partition coefficient (Wildman–Crippen LogP) is 4.10. The number of likely N-dealkylation sites (N-methyl/N-ethyl adjacent to an activating group) is 1. The maximum Gasteiger partial charge on any atom is 0.137 e. The molecule has 1 atom stereocenters. The summed E-state index contributed by atoms with van der Waals surface area (Å²) in [6, 6.07) is 10.5.